The molecule has 142 valence electrons. The number of hydrogen-bond donors (Lipinski definition) is 1. The largest absolute Gasteiger partial charge is 0.340 e. The van der Waals surface area contributed by atoms with E-state index in [1.807, 2.05) is 4.90 Å². The molecule has 2 aliphatic rings. The van der Waals surface area contributed by atoms with E-state index >= 15 is 0 Å². The Morgan fingerprint density at radius 3 is 2.67 bits per heavy atom. The van der Waals surface area contributed by atoms with Crippen LogP contribution in [0, 0.1) is 6.92 Å². The van der Waals surface area contributed by atoms with Gasteiger partial charge in [-0.3, -0.25) is 14.5 Å². The van der Waals surface area contributed by atoms with Crippen LogP contribution >= 0.6 is 0 Å². The third kappa shape index (κ3) is 3.95. The number of aromatic amines is 1. The van der Waals surface area contributed by atoms with Gasteiger partial charge in [0.05, 0.1) is 6.42 Å². The van der Waals surface area contributed by atoms with Gasteiger partial charge in [0.2, 0.25) is 5.91 Å². The first kappa shape index (κ1) is 17.9. The van der Waals surface area contributed by atoms with Crippen LogP contribution in [-0.2, 0) is 24.1 Å². The number of carbonyl (C=O) groups excluding carboxylic acids is 1. The van der Waals surface area contributed by atoms with E-state index in [-0.39, 0.29) is 17.9 Å². The van der Waals surface area contributed by atoms with Crippen LogP contribution in [0.5, 0.6) is 0 Å². The van der Waals surface area contributed by atoms with Crippen molar-refractivity contribution in [3.8, 4) is 0 Å². The lowest BCUT2D eigenvalue weighted by Crippen LogP contribution is -2.53. The van der Waals surface area contributed by atoms with E-state index in [2.05, 4.69) is 39.1 Å². The zero-order chi connectivity index (χ0) is 18.8. The highest BCUT2D eigenvalue weighted by atomic mass is 16.2. The molecule has 0 radical (unpaired) electrons. The van der Waals surface area contributed by atoms with Crippen LogP contribution in [0.25, 0.3) is 0 Å². The number of piperazine rings is 1. The van der Waals surface area contributed by atoms with Crippen molar-refractivity contribution < 1.29 is 4.79 Å². The number of aromatic nitrogens is 2. The summed E-state index contributed by atoms with van der Waals surface area (Å²) in [5.74, 6) is 0.582. The van der Waals surface area contributed by atoms with E-state index < -0.39 is 0 Å². The van der Waals surface area contributed by atoms with Crippen molar-refractivity contribution in [2.75, 3.05) is 26.2 Å². The molecule has 1 aliphatic carbocycles. The van der Waals surface area contributed by atoms with Crippen LogP contribution in [0.4, 0.5) is 0 Å². The van der Waals surface area contributed by atoms with E-state index in [1.54, 1.807) is 6.92 Å². The molecule has 1 N–H and O–H groups in total. The number of benzene rings is 1. The molecule has 1 aromatic carbocycles. The fourth-order valence-corrected chi connectivity index (χ4v) is 4.24. The van der Waals surface area contributed by atoms with Crippen LogP contribution in [0.1, 0.15) is 28.9 Å². The van der Waals surface area contributed by atoms with Gasteiger partial charge < -0.3 is 9.88 Å². The van der Waals surface area contributed by atoms with Crippen molar-refractivity contribution in [2.45, 2.75) is 38.6 Å². The first-order chi connectivity index (χ1) is 13.1. The SMILES string of the molecule is Cc1ncc(CC(=O)N2CCN([C@@H]3CCc4ccccc4C3)CC2)c(=O)[nH]1. The zero-order valence-electron chi connectivity index (χ0n) is 15.8. The number of nitrogens with one attached hydrogen (secondary N) is 1. The molecule has 6 nitrogen and oxygen atoms in total. The molecule has 0 saturated carbocycles. The maximum Gasteiger partial charge on any atom is 0.254 e. The number of fused-ring (bicyclic) bond motifs is 1. The molecule has 4 rings (SSSR count). The summed E-state index contributed by atoms with van der Waals surface area (Å²) in [5.41, 5.74) is 3.19. The Labute approximate surface area is 159 Å². The van der Waals surface area contributed by atoms with Gasteiger partial charge in [-0.15, -0.1) is 0 Å². The van der Waals surface area contributed by atoms with Gasteiger partial charge in [-0.05, 0) is 37.3 Å². The van der Waals surface area contributed by atoms with E-state index in [0.29, 0.717) is 17.4 Å². The van der Waals surface area contributed by atoms with Crippen LogP contribution in [0.15, 0.2) is 35.3 Å². The van der Waals surface area contributed by atoms with E-state index in [9.17, 15) is 9.59 Å². The molecule has 1 atom stereocenters. The summed E-state index contributed by atoms with van der Waals surface area (Å²) in [6.07, 6.45) is 5.08. The number of carbonyl (C=O) groups is 1. The molecule has 2 heterocycles. The molecular weight excluding hydrogens is 340 g/mol. The lowest BCUT2D eigenvalue weighted by Gasteiger charge is -2.41. The monoisotopic (exact) mass is 366 g/mol. The maximum atomic E-state index is 12.6. The highest BCUT2D eigenvalue weighted by Gasteiger charge is 2.28. The summed E-state index contributed by atoms with van der Waals surface area (Å²) in [4.78, 5) is 35.7. The van der Waals surface area contributed by atoms with Gasteiger partial charge >= 0.3 is 0 Å². The molecule has 0 unspecified atom stereocenters. The van der Waals surface area contributed by atoms with Crippen molar-refractivity contribution in [2.24, 2.45) is 0 Å². The third-order valence-electron chi connectivity index (χ3n) is 5.85. The van der Waals surface area contributed by atoms with E-state index in [1.165, 1.54) is 23.7 Å². The number of amides is 1. The third-order valence-corrected chi connectivity index (χ3v) is 5.85. The lowest BCUT2D eigenvalue weighted by atomic mass is 9.87. The summed E-state index contributed by atoms with van der Waals surface area (Å²) < 4.78 is 0. The minimum absolute atomic E-state index is 0.0137. The van der Waals surface area contributed by atoms with Gasteiger partial charge in [-0.1, -0.05) is 24.3 Å². The fourth-order valence-electron chi connectivity index (χ4n) is 4.24. The van der Waals surface area contributed by atoms with Gasteiger partial charge in [0, 0.05) is 44.0 Å². The number of nitrogens with zero attached hydrogens (tertiary/aromatic N) is 3. The number of rotatable bonds is 3. The van der Waals surface area contributed by atoms with E-state index in [4.69, 9.17) is 0 Å². The second-order valence-corrected chi connectivity index (χ2v) is 7.58. The number of hydrogen-bond acceptors (Lipinski definition) is 4. The Kier molecular flexibility index (Phi) is 5.07. The van der Waals surface area contributed by atoms with Crippen molar-refractivity contribution >= 4 is 5.91 Å². The molecule has 0 bridgehead atoms. The standard InChI is InChI=1S/C21H26N4O2/c1-15-22-14-18(21(27)23-15)13-20(26)25-10-8-24(9-11-25)19-7-6-16-4-2-3-5-17(16)12-19/h2-5,14,19H,6-13H2,1H3,(H,22,23,27)/t19-/m1/s1. The van der Waals surface area contributed by atoms with Crippen LogP contribution < -0.4 is 5.56 Å². The van der Waals surface area contributed by atoms with Crippen molar-refractivity contribution in [3.63, 3.8) is 0 Å². The number of H-pyrrole nitrogens is 1. The minimum Gasteiger partial charge on any atom is -0.340 e. The summed E-state index contributed by atoms with van der Waals surface area (Å²) in [6.45, 7) is 5.00. The molecule has 27 heavy (non-hydrogen) atoms. The van der Waals surface area contributed by atoms with Crippen molar-refractivity contribution in [1.29, 1.82) is 0 Å². The molecule has 1 aliphatic heterocycles. The highest BCUT2D eigenvalue weighted by Crippen LogP contribution is 2.25. The summed E-state index contributed by atoms with van der Waals surface area (Å²) in [5, 5.41) is 0. The summed E-state index contributed by atoms with van der Waals surface area (Å²) in [7, 11) is 0. The van der Waals surface area contributed by atoms with Gasteiger partial charge in [0.1, 0.15) is 5.82 Å². The Hall–Kier alpha value is -2.47. The van der Waals surface area contributed by atoms with Crippen LogP contribution in [0.3, 0.4) is 0 Å². The second kappa shape index (κ2) is 7.64. The van der Waals surface area contributed by atoms with Gasteiger partial charge in [0.15, 0.2) is 0 Å². The molecule has 1 aromatic heterocycles. The molecule has 6 heteroatoms. The molecule has 1 amide bonds. The van der Waals surface area contributed by atoms with Gasteiger partial charge in [-0.2, -0.15) is 0 Å². The average Bonchev–Trinajstić information content (AvgIpc) is 2.70. The molecule has 0 spiro atoms. The quantitative estimate of drug-likeness (QED) is 0.890. The Balaban J connectivity index is 1.32. The first-order valence-electron chi connectivity index (χ1n) is 9.73. The van der Waals surface area contributed by atoms with Crippen molar-refractivity contribution in [1.82, 2.24) is 19.8 Å². The lowest BCUT2D eigenvalue weighted by molar-refractivity contribution is -0.132. The first-order valence-corrected chi connectivity index (χ1v) is 9.73. The topological polar surface area (TPSA) is 69.3 Å². The van der Waals surface area contributed by atoms with Crippen LogP contribution in [0.2, 0.25) is 0 Å². The predicted molar refractivity (Wildman–Crippen MR) is 104 cm³/mol. The molecular formula is C21H26N4O2. The Bertz CT molecular complexity index is 884. The Morgan fingerprint density at radius 2 is 1.93 bits per heavy atom. The van der Waals surface area contributed by atoms with Crippen LogP contribution in [-0.4, -0.2) is 57.9 Å². The molecule has 2 aromatic rings. The van der Waals surface area contributed by atoms with Crippen molar-refractivity contribution in [3.05, 3.63) is 63.3 Å². The van der Waals surface area contributed by atoms with Gasteiger partial charge in [0.25, 0.3) is 5.56 Å². The average molecular weight is 366 g/mol. The molecule has 1 fully saturated rings. The zero-order valence-corrected chi connectivity index (χ0v) is 15.8. The predicted octanol–water partition coefficient (Wildman–Crippen LogP) is 1.32. The summed E-state index contributed by atoms with van der Waals surface area (Å²) in [6, 6.07) is 9.30. The minimum atomic E-state index is -0.213. The van der Waals surface area contributed by atoms with E-state index in [0.717, 1.165) is 39.0 Å². The number of aryl methyl sites for hydroxylation is 2. The molecule has 1 saturated heterocycles. The smallest absolute Gasteiger partial charge is 0.254 e. The van der Waals surface area contributed by atoms with Gasteiger partial charge in [-0.25, -0.2) is 4.98 Å². The summed E-state index contributed by atoms with van der Waals surface area (Å²) >= 11 is 0. The maximum absolute atomic E-state index is 12.6. The fraction of sp³-hybridized carbons (Fsp3) is 0.476. The Morgan fingerprint density at radius 1 is 1.19 bits per heavy atom. The second-order valence-electron chi connectivity index (χ2n) is 7.58. The highest BCUT2D eigenvalue weighted by molar-refractivity contribution is 5.78. The normalized spacial score (nSPS) is 20.3.